The molecule has 1 unspecified atom stereocenters. The summed E-state index contributed by atoms with van der Waals surface area (Å²) in [6.45, 7) is 12.4. The van der Waals surface area contributed by atoms with Gasteiger partial charge in [0.1, 0.15) is 0 Å². The third kappa shape index (κ3) is 16.4. The molecule has 138 valence electrons. The highest BCUT2D eigenvalue weighted by molar-refractivity contribution is 7.81. The normalized spacial score (nSPS) is 12.3. The van der Waals surface area contributed by atoms with E-state index >= 15 is 0 Å². The maximum absolute atomic E-state index is 5.45. The molecule has 5 N–H and O–H groups in total. The minimum absolute atomic E-state index is 0.293. The molecule has 0 fully saturated rings. The molecule has 0 aromatic rings. The van der Waals surface area contributed by atoms with Gasteiger partial charge in [0.2, 0.25) is 0 Å². The van der Waals surface area contributed by atoms with Gasteiger partial charge >= 0.3 is 0 Å². The fourth-order valence-electron chi connectivity index (χ4n) is 2.32. The van der Waals surface area contributed by atoms with Crippen LogP contribution in [0.5, 0.6) is 0 Å². The van der Waals surface area contributed by atoms with Crippen molar-refractivity contribution in [2.24, 2.45) is 5.73 Å². The lowest BCUT2D eigenvalue weighted by Crippen LogP contribution is -2.25. The van der Waals surface area contributed by atoms with Crippen LogP contribution in [0.4, 0.5) is 0 Å². The van der Waals surface area contributed by atoms with E-state index in [1.807, 2.05) is 0 Å². The Morgan fingerprint density at radius 1 is 0.913 bits per heavy atom. The van der Waals surface area contributed by atoms with Crippen molar-refractivity contribution in [1.29, 1.82) is 0 Å². The fraction of sp³-hybridized carbons (Fsp3) is 0.889. The Morgan fingerprint density at radius 3 is 2.13 bits per heavy atom. The first-order valence-electron chi connectivity index (χ1n) is 9.44. The monoisotopic (exact) mass is 344 g/mol. The molecule has 0 aliphatic heterocycles. The summed E-state index contributed by atoms with van der Waals surface area (Å²) in [6, 6.07) is 0. The highest BCUT2D eigenvalue weighted by atomic mass is 32.1. The van der Waals surface area contributed by atoms with Crippen LogP contribution in [0, 0.1) is 0 Å². The van der Waals surface area contributed by atoms with Gasteiger partial charge in [0.25, 0.3) is 0 Å². The van der Waals surface area contributed by atoms with Crippen LogP contribution in [0.3, 0.4) is 0 Å². The number of hydrogen-bond donors (Lipinski definition) is 5. The van der Waals surface area contributed by atoms with Crippen molar-refractivity contribution >= 4 is 12.6 Å². The summed E-state index contributed by atoms with van der Waals surface area (Å²) in [5, 5.41) is 10.6. The molecular weight excluding hydrogens is 304 g/mol. The van der Waals surface area contributed by atoms with Gasteiger partial charge in [-0.3, -0.25) is 0 Å². The Hall–Kier alpha value is -0.230. The van der Waals surface area contributed by atoms with Crippen molar-refractivity contribution in [3.63, 3.8) is 0 Å². The van der Waals surface area contributed by atoms with Gasteiger partial charge in [-0.15, -0.1) is 0 Å². The summed E-state index contributed by atoms with van der Waals surface area (Å²) in [5.74, 6) is 0. The zero-order valence-electron chi connectivity index (χ0n) is 15.2. The van der Waals surface area contributed by atoms with E-state index in [1.54, 1.807) is 0 Å². The summed E-state index contributed by atoms with van der Waals surface area (Å²) < 4.78 is 0. The van der Waals surface area contributed by atoms with E-state index in [9.17, 15) is 0 Å². The number of unbranched alkanes of at least 4 members (excludes halogenated alkanes) is 3. The zero-order valence-corrected chi connectivity index (χ0v) is 16.1. The lowest BCUT2D eigenvalue weighted by molar-refractivity contribution is 0.561. The lowest BCUT2D eigenvalue weighted by atomic mass is 10.1. The molecule has 1 atom stereocenters. The number of nitrogens with two attached hydrogens (primary N) is 1. The van der Waals surface area contributed by atoms with E-state index in [0.29, 0.717) is 5.25 Å². The van der Waals surface area contributed by atoms with Crippen LogP contribution in [0.25, 0.3) is 0 Å². The molecule has 0 spiro atoms. The van der Waals surface area contributed by atoms with Crippen molar-refractivity contribution < 1.29 is 0 Å². The van der Waals surface area contributed by atoms with E-state index in [-0.39, 0.29) is 0 Å². The molecule has 0 bridgehead atoms. The van der Waals surface area contributed by atoms with Crippen LogP contribution in [0.2, 0.25) is 0 Å². The third-order valence-corrected chi connectivity index (χ3v) is 4.45. The standard InChI is InChI=1S/C18H40N4S/c1-3-4-5-10-18(23)17(2)22-16-9-15-21-13-7-6-12-20-14-8-11-19/h18,20-23H,2-16,19H2,1H3. The number of thiol groups is 1. The largest absolute Gasteiger partial charge is 0.388 e. The molecule has 0 rings (SSSR count). The Kier molecular flexibility index (Phi) is 17.9. The summed E-state index contributed by atoms with van der Waals surface area (Å²) in [6.07, 6.45) is 9.57. The topological polar surface area (TPSA) is 62.1 Å². The molecule has 0 aliphatic carbocycles. The van der Waals surface area contributed by atoms with E-state index < -0.39 is 0 Å². The van der Waals surface area contributed by atoms with Crippen LogP contribution in [-0.4, -0.2) is 44.5 Å². The van der Waals surface area contributed by atoms with Crippen LogP contribution >= 0.6 is 12.6 Å². The molecule has 0 heterocycles. The predicted molar refractivity (Wildman–Crippen MR) is 107 cm³/mol. The highest BCUT2D eigenvalue weighted by Gasteiger charge is 2.06. The molecule has 0 saturated carbocycles. The minimum atomic E-state index is 0.293. The molecule has 5 heteroatoms. The van der Waals surface area contributed by atoms with Gasteiger partial charge in [0.05, 0.1) is 0 Å². The van der Waals surface area contributed by atoms with Crippen molar-refractivity contribution in [2.75, 3.05) is 39.3 Å². The molecule has 0 radical (unpaired) electrons. The highest BCUT2D eigenvalue weighted by Crippen LogP contribution is 2.13. The van der Waals surface area contributed by atoms with Gasteiger partial charge in [-0.1, -0.05) is 32.8 Å². The third-order valence-electron chi connectivity index (χ3n) is 3.88. The Bertz CT molecular complexity index is 261. The quantitative estimate of drug-likeness (QED) is 0.196. The second-order valence-electron chi connectivity index (χ2n) is 6.17. The molecule has 23 heavy (non-hydrogen) atoms. The molecule has 4 nitrogen and oxygen atoms in total. The lowest BCUT2D eigenvalue weighted by Gasteiger charge is -2.16. The second-order valence-corrected chi connectivity index (χ2v) is 6.79. The first-order chi connectivity index (χ1) is 11.2. The van der Waals surface area contributed by atoms with Crippen molar-refractivity contribution in [2.45, 2.75) is 63.5 Å². The average Bonchev–Trinajstić information content (AvgIpc) is 2.55. The van der Waals surface area contributed by atoms with Crippen LogP contribution in [-0.2, 0) is 0 Å². The predicted octanol–water partition coefficient (Wildman–Crippen LogP) is 2.67. The zero-order chi connectivity index (χ0) is 17.2. The summed E-state index contributed by atoms with van der Waals surface area (Å²) in [5.41, 5.74) is 6.52. The van der Waals surface area contributed by atoms with Crippen molar-refractivity contribution in [3.8, 4) is 0 Å². The first-order valence-corrected chi connectivity index (χ1v) is 9.96. The second kappa shape index (κ2) is 18.1. The number of nitrogens with one attached hydrogen (secondary N) is 3. The van der Waals surface area contributed by atoms with Crippen LogP contribution in [0.15, 0.2) is 12.3 Å². The molecule has 0 saturated heterocycles. The number of rotatable bonds is 18. The average molecular weight is 345 g/mol. The summed E-state index contributed by atoms with van der Waals surface area (Å²) >= 11 is 4.62. The molecule has 0 aromatic carbocycles. The van der Waals surface area contributed by atoms with Crippen LogP contribution in [0.1, 0.15) is 58.3 Å². The van der Waals surface area contributed by atoms with Gasteiger partial charge < -0.3 is 21.7 Å². The Labute approximate surface area is 149 Å². The molecule has 0 aliphatic rings. The van der Waals surface area contributed by atoms with E-state index in [2.05, 4.69) is 42.1 Å². The SMILES string of the molecule is C=C(NCCCNCCCCNCCCN)C(S)CCCCC. The molecule has 0 amide bonds. The van der Waals surface area contributed by atoms with Gasteiger partial charge in [-0.05, 0) is 64.8 Å². The Balaban J connectivity index is 3.24. The number of hydrogen-bond acceptors (Lipinski definition) is 5. The van der Waals surface area contributed by atoms with Gasteiger partial charge in [-0.25, -0.2) is 0 Å². The van der Waals surface area contributed by atoms with Gasteiger partial charge in [0, 0.05) is 17.5 Å². The van der Waals surface area contributed by atoms with Crippen LogP contribution < -0.4 is 21.7 Å². The molecule has 0 aromatic heterocycles. The van der Waals surface area contributed by atoms with Gasteiger partial charge in [-0.2, -0.15) is 12.6 Å². The first kappa shape index (κ1) is 22.8. The fourth-order valence-corrected chi connectivity index (χ4v) is 2.59. The smallest absolute Gasteiger partial charge is 0.0408 e. The maximum Gasteiger partial charge on any atom is 0.0408 e. The minimum Gasteiger partial charge on any atom is -0.388 e. The van der Waals surface area contributed by atoms with E-state index in [1.165, 1.54) is 32.1 Å². The molecular formula is C18H40N4S. The van der Waals surface area contributed by atoms with Crippen molar-refractivity contribution in [3.05, 3.63) is 12.3 Å². The van der Waals surface area contributed by atoms with E-state index in [4.69, 9.17) is 5.73 Å². The van der Waals surface area contributed by atoms with Gasteiger partial charge in [0.15, 0.2) is 0 Å². The van der Waals surface area contributed by atoms with E-state index in [0.717, 1.165) is 64.2 Å². The maximum atomic E-state index is 5.45. The Morgan fingerprint density at radius 2 is 1.52 bits per heavy atom. The summed E-state index contributed by atoms with van der Waals surface area (Å²) in [7, 11) is 0. The van der Waals surface area contributed by atoms with Crippen molar-refractivity contribution in [1.82, 2.24) is 16.0 Å². The summed E-state index contributed by atoms with van der Waals surface area (Å²) in [4.78, 5) is 0.